The zero-order chi connectivity index (χ0) is 14.3. The van der Waals surface area contributed by atoms with Gasteiger partial charge < -0.3 is 0 Å². The number of hydrogen-bond acceptors (Lipinski definition) is 3. The summed E-state index contributed by atoms with van der Waals surface area (Å²) in [6.45, 7) is 4.22. The number of anilines is 2. The Morgan fingerprint density at radius 2 is 1.75 bits per heavy atom. The second-order valence-electron chi connectivity index (χ2n) is 5.09. The van der Waals surface area contributed by atoms with Gasteiger partial charge in [0.05, 0.1) is 11.3 Å². The lowest BCUT2D eigenvalue weighted by Crippen LogP contribution is -2.25. The van der Waals surface area contributed by atoms with Crippen LogP contribution in [0.1, 0.15) is 35.7 Å². The smallest absolute Gasteiger partial charge is 0.283 e. The number of fused-ring (bicyclic) bond motifs is 1. The molecule has 1 aliphatic heterocycles. The molecule has 0 spiro atoms. The van der Waals surface area contributed by atoms with Crippen LogP contribution in [0.2, 0.25) is 0 Å². The van der Waals surface area contributed by atoms with Crippen molar-refractivity contribution in [2.75, 3.05) is 4.90 Å². The molecule has 0 saturated heterocycles. The quantitative estimate of drug-likeness (QED) is 0.785. The topological polar surface area (TPSA) is 50.3 Å². The van der Waals surface area contributed by atoms with Gasteiger partial charge in [0, 0.05) is 6.20 Å². The summed E-state index contributed by atoms with van der Waals surface area (Å²) in [5.41, 5.74) is 2.23. The molecule has 0 aliphatic carbocycles. The van der Waals surface area contributed by atoms with Gasteiger partial charge in [-0.2, -0.15) is 0 Å². The van der Waals surface area contributed by atoms with Gasteiger partial charge in [0.25, 0.3) is 5.78 Å². The van der Waals surface area contributed by atoms with Crippen LogP contribution in [0.15, 0.2) is 42.6 Å². The number of nitrogens with zero attached hydrogens (tertiary/aromatic N) is 2. The molecule has 0 atom stereocenters. The SMILES string of the molecule is CC(C)c1ccc(N2C(=O)C(=O)c3cccnc32)cc1. The maximum atomic E-state index is 12.1. The van der Waals surface area contributed by atoms with Crippen LogP contribution in [-0.2, 0) is 4.79 Å². The monoisotopic (exact) mass is 266 g/mol. The van der Waals surface area contributed by atoms with Crippen LogP contribution in [0.4, 0.5) is 11.5 Å². The highest BCUT2D eigenvalue weighted by atomic mass is 16.2. The van der Waals surface area contributed by atoms with Crippen LogP contribution in [0, 0.1) is 0 Å². The number of rotatable bonds is 2. The van der Waals surface area contributed by atoms with Gasteiger partial charge in [-0.25, -0.2) is 4.98 Å². The Morgan fingerprint density at radius 1 is 1.05 bits per heavy atom. The highest BCUT2D eigenvalue weighted by Crippen LogP contribution is 2.33. The first-order valence-electron chi connectivity index (χ1n) is 6.53. The lowest BCUT2D eigenvalue weighted by atomic mass is 10.0. The van der Waals surface area contributed by atoms with Crippen molar-refractivity contribution in [3.8, 4) is 0 Å². The number of carbonyl (C=O) groups excluding carboxylic acids is 2. The number of carbonyl (C=O) groups is 2. The number of hydrogen-bond donors (Lipinski definition) is 0. The first-order valence-corrected chi connectivity index (χ1v) is 6.53. The summed E-state index contributed by atoms with van der Waals surface area (Å²) in [6, 6.07) is 10.9. The number of aromatic nitrogens is 1. The third kappa shape index (κ3) is 1.81. The summed E-state index contributed by atoms with van der Waals surface area (Å²) in [4.78, 5) is 29.6. The Labute approximate surface area is 117 Å². The fourth-order valence-electron chi connectivity index (χ4n) is 2.31. The molecule has 20 heavy (non-hydrogen) atoms. The van der Waals surface area contributed by atoms with Gasteiger partial charge in [0.2, 0.25) is 0 Å². The molecule has 1 aromatic heterocycles. The highest BCUT2D eigenvalue weighted by Gasteiger charge is 2.37. The van der Waals surface area contributed by atoms with Crippen LogP contribution < -0.4 is 4.90 Å². The normalized spacial score (nSPS) is 14.1. The van der Waals surface area contributed by atoms with Crippen molar-refractivity contribution >= 4 is 23.2 Å². The molecule has 100 valence electrons. The van der Waals surface area contributed by atoms with E-state index in [1.165, 1.54) is 10.5 Å². The van der Waals surface area contributed by atoms with Gasteiger partial charge in [0.1, 0.15) is 0 Å². The largest absolute Gasteiger partial charge is 0.305 e. The molecule has 0 unspecified atom stereocenters. The fraction of sp³-hybridized carbons (Fsp3) is 0.188. The summed E-state index contributed by atoms with van der Waals surface area (Å²) in [5, 5.41) is 0. The van der Waals surface area contributed by atoms with Crippen molar-refractivity contribution in [3.63, 3.8) is 0 Å². The van der Waals surface area contributed by atoms with E-state index in [1.807, 2.05) is 24.3 Å². The number of amides is 1. The van der Waals surface area contributed by atoms with Crippen LogP contribution >= 0.6 is 0 Å². The van der Waals surface area contributed by atoms with Gasteiger partial charge in [-0.15, -0.1) is 0 Å². The van der Waals surface area contributed by atoms with Crippen LogP contribution in [0.3, 0.4) is 0 Å². The third-order valence-electron chi connectivity index (χ3n) is 3.46. The molecule has 0 bridgehead atoms. The second kappa shape index (κ2) is 4.56. The molecule has 2 heterocycles. The van der Waals surface area contributed by atoms with E-state index < -0.39 is 11.7 Å². The van der Waals surface area contributed by atoms with Gasteiger partial charge in [0.15, 0.2) is 5.82 Å². The predicted octanol–water partition coefficient (Wildman–Crippen LogP) is 3.07. The van der Waals surface area contributed by atoms with Gasteiger partial charge in [-0.3, -0.25) is 14.5 Å². The van der Waals surface area contributed by atoms with E-state index in [2.05, 4.69) is 18.8 Å². The number of pyridine rings is 1. The van der Waals surface area contributed by atoms with E-state index in [1.54, 1.807) is 18.3 Å². The first-order chi connectivity index (χ1) is 9.59. The highest BCUT2D eigenvalue weighted by molar-refractivity contribution is 6.53. The van der Waals surface area contributed by atoms with Gasteiger partial charge in [-0.05, 0) is 35.7 Å². The molecule has 4 heteroatoms. The number of ketones is 1. The second-order valence-corrected chi connectivity index (χ2v) is 5.09. The Hall–Kier alpha value is -2.49. The number of benzene rings is 1. The van der Waals surface area contributed by atoms with Crippen molar-refractivity contribution in [1.29, 1.82) is 0 Å². The van der Waals surface area contributed by atoms with E-state index in [0.717, 1.165) is 0 Å². The molecule has 2 aromatic rings. The molecule has 1 aliphatic rings. The average molecular weight is 266 g/mol. The molecular formula is C16H14N2O2. The van der Waals surface area contributed by atoms with E-state index in [9.17, 15) is 9.59 Å². The zero-order valence-corrected chi connectivity index (χ0v) is 11.3. The molecule has 0 radical (unpaired) electrons. The summed E-state index contributed by atoms with van der Waals surface area (Å²) in [6.07, 6.45) is 1.58. The van der Waals surface area contributed by atoms with Gasteiger partial charge in [-0.1, -0.05) is 26.0 Å². The van der Waals surface area contributed by atoms with E-state index in [-0.39, 0.29) is 0 Å². The van der Waals surface area contributed by atoms with Crippen LogP contribution in [0.25, 0.3) is 0 Å². The predicted molar refractivity (Wildman–Crippen MR) is 76.2 cm³/mol. The Morgan fingerprint density at radius 3 is 2.40 bits per heavy atom. The van der Waals surface area contributed by atoms with Crippen LogP contribution in [0.5, 0.6) is 0 Å². The van der Waals surface area contributed by atoms with Crippen molar-refractivity contribution < 1.29 is 9.59 Å². The summed E-state index contributed by atoms with van der Waals surface area (Å²) in [7, 11) is 0. The third-order valence-corrected chi connectivity index (χ3v) is 3.46. The van der Waals surface area contributed by atoms with Gasteiger partial charge >= 0.3 is 5.91 Å². The molecule has 4 nitrogen and oxygen atoms in total. The standard InChI is InChI=1S/C16H14N2O2/c1-10(2)11-5-7-12(8-6-11)18-15-13(4-3-9-17-15)14(19)16(18)20/h3-10H,1-2H3. The molecule has 3 rings (SSSR count). The van der Waals surface area contributed by atoms with Crippen molar-refractivity contribution in [2.45, 2.75) is 19.8 Å². The minimum atomic E-state index is -0.545. The van der Waals surface area contributed by atoms with Crippen molar-refractivity contribution in [1.82, 2.24) is 4.98 Å². The molecule has 0 N–H and O–H groups in total. The van der Waals surface area contributed by atoms with Crippen molar-refractivity contribution in [3.05, 3.63) is 53.7 Å². The Kier molecular flexibility index (Phi) is 2.86. The summed E-state index contributed by atoms with van der Waals surface area (Å²) >= 11 is 0. The molecule has 1 aromatic carbocycles. The van der Waals surface area contributed by atoms with E-state index >= 15 is 0 Å². The van der Waals surface area contributed by atoms with Crippen molar-refractivity contribution in [2.24, 2.45) is 0 Å². The molecule has 0 fully saturated rings. The fourth-order valence-corrected chi connectivity index (χ4v) is 2.31. The zero-order valence-electron chi connectivity index (χ0n) is 11.3. The van der Waals surface area contributed by atoms with E-state index in [4.69, 9.17) is 0 Å². The number of Topliss-reactive ketones (excluding diaryl/α,β-unsaturated/α-hetero) is 1. The van der Waals surface area contributed by atoms with E-state index in [0.29, 0.717) is 23.0 Å². The van der Waals surface area contributed by atoms with Crippen LogP contribution in [-0.4, -0.2) is 16.7 Å². The minimum Gasteiger partial charge on any atom is -0.283 e. The Balaban J connectivity index is 2.06. The molecule has 0 saturated carbocycles. The lowest BCUT2D eigenvalue weighted by Gasteiger charge is -2.16. The first kappa shape index (κ1) is 12.5. The lowest BCUT2D eigenvalue weighted by molar-refractivity contribution is -0.113. The maximum absolute atomic E-state index is 12.1. The minimum absolute atomic E-state index is 0.366. The molecular weight excluding hydrogens is 252 g/mol. The maximum Gasteiger partial charge on any atom is 0.305 e. The summed E-state index contributed by atoms with van der Waals surface area (Å²) < 4.78 is 0. The Bertz CT molecular complexity index is 690. The summed E-state index contributed by atoms with van der Waals surface area (Å²) in [5.74, 6) is -0.206. The molecule has 1 amide bonds. The average Bonchev–Trinajstić information content (AvgIpc) is 2.72.